The molecule has 21 heavy (non-hydrogen) atoms. The van der Waals surface area contributed by atoms with E-state index in [1.165, 1.54) is 0 Å². The summed E-state index contributed by atoms with van der Waals surface area (Å²) in [5.41, 5.74) is 2.05. The van der Waals surface area contributed by atoms with Crippen LogP contribution in [-0.2, 0) is 0 Å². The Morgan fingerprint density at radius 3 is 1.48 bits per heavy atom. The van der Waals surface area contributed by atoms with E-state index in [4.69, 9.17) is 0 Å². The Bertz CT molecular complexity index is 563. The van der Waals surface area contributed by atoms with Crippen molar-refractivity contribution in [2.45, 2.75) is 34.1 Å². The Kier molecular flexibility index (Phi) is 6.54. The first-order valence-electron chi connectivity index (χ1n) is 7.55. The molecular weight excluding hydrogens is 260 g/mol. The first-order chi connectivity index (χ1) is 10.3. The maximum absolute atomic E-state index is 12.3. The number of fused-ring (bicyclic) bond motifs is 1. The van der Waals surface area contributed by atoms with Crippen molar-refractivity contribution >= 4 is 11.6 Å². The third kappa shape index (κ3) is 3.27. The number of carbonyl (C=O) groups excluding carboxylic acids is 2. The summed E-state index contributed by atoms with van der Waals surface area (Å²) in [7, 11) is 0. The molecule has 1 aromatic rings. The predicted molar refractivity (Wildman–Crippen MR) is 87.7 cm³/mol. The van der Waals surface area contributed by atoms with Gasteiger partial charge in [-0.15, -0.1) is 0 Å². The van der Waals surface area contributed by atoms with E-state index in [1.807, 2.05) is 39.8 Å². The first kappa shape index (κ1) is 16.8. The maximum Gasteiger partial charge on any atom is 0.194 e. The molecule has 0 saturated heterocycles. The molecule has 0 aliphatic heterocycles. The molecule has 0 spiro atoms. The van der Waals surface area contributed by atoms with Crippen LogP contribution in [0.3, 0.4) is 0 Å². The van der Waals surface area contributed by atoms with Gasteiger partial charge in [0.1, 0.15) is 0 Å². The molecule has 0 unspecified atom stereocenters. The highest BCUT2D eigenvalue weighted by Crippen LogP contribution is 2.28. The quantitative estimate of drug-likeness (QED) is 0.676. The average molecular weight is 282 g/mol. The minimum atomic E-state index is -0.0574. The third-order valence-corrected chi connectivity index (χ3v) is 3.04. The normalized spacial score (nSPS) is 15.0. The summed E-state index contributed by atoms with van der Waals surface area (Å²) in [4.78, 5) is 24.5. The molecule has 0 N–H and O–H groups in total. The van der Waals surface area contributed by atoms with Crippen LogP contribution in [0.2, 0.25) is 0 Å². The topological polar surface area (TPSA) is 34.1 Å². The van der Waals surface area contributed by atoms with Crippen LogP contribution in [0.25, 0.3) is 0 Å². The van der Waals surface area contributed by atoms with Gasteiger partial charge in [0.2, 0.25) is 0 Å². The van der Waals surface area contributed by atoms with E-state index in [9.17, 15) is 9.59 Å². The van der Waals surface area contributed by atoms with Gasteiger partial charge in [-0.05, 0) is 6.42 Å². The largest absolute Gasteiger partial charge is 0.289 e. The van der Waals surface area contributed by atoms with Crippen molar-refractivity contribution in [1.29, 1.82) is 0 Å². The summed E-state index contributed by atoms with van der Waals surface area (Å²) < 4.78 is 0. The molecule has 0 heterocycles. The van der Waals surface area contributed by atoms with Gasteiger partial charge in [-0.3, -0.25) is 9.59 Å². The molecule has 1 aromatic carbocycles. The fraction of sp³-hybridized carbons (Fsp3) is 0.263. The van der Waals surface area contributed by atoms with Gasteiger partial charge in [0.05, 0.1) is 0 Å². The zero-order valence-corrected chi connectivity index (χ0v) is 13.1. The summed E-state index contributed by atoms with van der Waals surface area (Å²) in [5, 5.41) is 0. The predicted octanol–water partition coefficient (Wildman–Crippen LogP) is 4.93. The van der Waals surface area contributed by atoms with Crippen molar-refractivity contribution in [2.24, 2.45) is 0 Å². The number of carbonyl (C=O) groups is 2. The minimum absolute atomic E-state index is 0.0574. The second-order valence-electron chi connectivity index (χ2n) is 4.07. The fourth-order valence-corrected chi connectivity index (χ4v) is 2.20. The van der Waals surface area contributed by atoms with Gasteiger partial charge >= 0.3 is 0 Å². The van der Waals surface area contributed by atoms with E-state index in [-0.39, 0.29) is 11.6 Å². The highest BCUT2D eigenvalue weighted by atomic mass is 16.1. The number of rotatable bonds is 0. The SMILES string of the molecule is CC.CC.O=C1C2=C(C=CCC=C2)C(=O)c2ccccc21. The van der Waals surface area contributed by atoms with Gasteiger partial charge in [-0.2, -0.15) is 0 Å². The summed E-state index contributed by atoms with van der Waals surface area (Å²) in [6.07, 6.45) is 8.07. The van der Waals surface area contributed by atoms with Crippen LogP contribution in [0.1, 0.15) is 54.8 Å². The Labute approximate surface area is 126 Å². The maximum atomic E-state index is 12.3. The summed E-state index contributed by atoms with van der Waals surface area (Å²) >= 11 is 0. The molecule has 2 heteroatoms. The Morgan fingerprint density at radius 1 is 0.714 bits per heavy atom. The van der Waals surface area contributed by atoms with Crippen molar-refractivity contribution in [3.05, 3.63) is 70.8 Å². The fourth-order valence-electron chi connectivity index (χ4n) is 2.20. The highest BCUT2D eigenvalue weighted by Gasteiger charge is 2.29. The van der Waals surface area contributed by atoms with Crippen LogP contribution in [0.15, 0.2) is 59.7 Å². The van der Waals surface area contributed by atoms with Gasteiger partial charge in [0.25, 0.3) is 0 Å². The second-order valence-corrected chi connectivity index (χ2v) is 4.07. The van der Waals surface area contributed by atoms with Crippen molar-refractivity contribution in [2.75, 3.05) is 0 Å². The number of hydrogen-bond acceptors (Lipinski definition) is 2. The van der Waals surface area contributed by atoms with Crippen LogP contribution in [0, 0.1) is 0 Å². The minimum Gasteiger partial charge on any atom is -0.289 e. The molecule has 0 atom stereocenters. The van der Waals surface area contributed by atoms with E-state index < -0.39 is 0 Å². The van der Waals surface area contributed by atoms with Crippen LogP contribution in [-0.4, -0.2) is 11.6 Å². The van der Waals surface area contributed by atoms with Gasteiger partial charge in [0.15, 0.2) is 11.6 Å². The smallest absolute Gasteiger partial charge is 0.194 e. The summed E-state index contributed by atoms with van der Waals surface area (Å²) in [6.45, 7) is 8.00. The highest BCUT2D eigenvalue weighted by molar-refractivity contribution is 6.28. The van der Waals surface area contributed by atoms with Crippen molar-refractivity contribution in [1.82, 2.24) is 0 Å². The first-order valence-corrected chi connectivity index (χ1v) is 7.55. The van der Waals surface area contributed by atoms with Gasteiger partial charge in [-0.25, -0.2) is 0 Å². The molecule has 0 aromatic heterocycles. The lowest BCUT2D eigenvalue weighted by molar-refractivity contribution is 0.0980. The number of ketones is 2. The van der Waals surface area contributed by atoms with E-state index in [0.717, 1.165) is 6.42 Å². The van der Waals surface area contributed by atoms with Crippen molar-refractivity contribution in [3.8, 4) is 0 Å². The molecule has 0 saturated carbocycles. The number of Topliss-reactive ketones (excluding diaryl/α,β-unsaturated/α-hetero) is 2. The third-order valence-electron chi connectivity index (χ3n) is 3.04. The van der Waals surface area contributed by atoms with E-state index in [0.29, 0.717) is 22.3 Å². The monoisotopic (exact) mass is 282 g/mol. The zero-order chi connectivity index (χ0) is 15.8. The number of allylic oxidation sites excluding steroid dienone is 6. The van der Waals surface area contributed by atoms with Gasteiger partial charge in [0, 0.05) is 22.3 Å². The lowest BCUT2D eigenvalue weighted by Crippen LogP contribution is -2.20. The second kappa shape index (κ2) is 8.15. The molecule has 0 amide bonds. The number of benzene rings is 1. The molecular formula is C19H22O2. The van der Waals surface area contributed by atoms with Crippen LogP contribution in [0.4, 0.5) is 0 Å². The zero-order valence-electron chi connectivity index (χ0n) is 13.1. The Hall–Kier alpha value is -2.22. The summed E-state index contributed by atoms with van der Waals surface area (Å²) in [5.74, 6) is -0.115. The average Bonchev–Trinajstić information content (AvgIpc) is 2.83. The van der Waals surface area contributed by atoms with Gasteiger partial charge in [-0.1, -0.05) is 76.3 Å². The molecule has 3 rings (SSSR count). The molecule has 0 bridgehead atoms. The van der Waals surface area contributed by atoms with Crippen LogP contribution < -0.4 is 0 Å². The van der Waals surface area contributed by atoms with E-state index in [1.54, 1.807) is 36.4 Å². The number of hydrogen-bond donors (Lipinski definition) is 0. The molecule has 2 aliphatic rings. The molecule has 110 valence electrons. The molecule has 0 radical (unpaired) electrons. The lowest BCUT2D eigenvalue weighted by atomic mass is 9.84. The molecule has 2 aliphatic carbocycles. The lowest BCUT2D eigenvalue weighted by Gasteiger charge is -2.16. The van der Waals surface area contributed by atoms with Crippen molar-refractivity contribution in [3.63, 3.8) is 0 Å². The van der Waals surface area contributed by atoms with Crippen LogP contribution in [0.5, 0.6) is 0 Å². The van der Waals surface area contributed by atoms with E-state index >= 15 is 0 Å². The Balaban J connectivity index is 0.000000510. The standard InChI is InChI=1S/C15H10O2.2C2H6/c16-14-10-6-2-1-3-7-11(10)15(17)13-9-5-4-8-12(13)14;2*1-2/h2-9H,1H2;2*1-2H3. The van der Waals surface area contributed by atoms with Crippen molar-refractivity contribution < 1.29 is 9.59 Å². The van der Waals surface area contributed by atoms with E-state index in [2.05, 4.69) is 0 Å². The molecule has 2 nitrogen and oxygen atoms in total. The Morgan fingerprint density at radius 2 is 1.10 bits per heavy atom. The van der Waals surface area contributed by atoms with Gasteiger partial charge < -0.3 is 0 Å². The molecule has 0 fully saturated rings. The summed E-state index contributed by atoms with van der Waals surface area (Å²) in [6, 6.07) is 6.99. The van der Waals surface area contributed by atoms with Crippen LogP contribution >= 0.6 is 0 Å².